The van der Waals surface area contributed by atoms with Gasteiger partial charge in [0.15, 0.2) is 0 Å². The summed E-state index contributed by atoms with van der Waals surface area (Å²) in [6.07, 6.45) is 0.118. The zero-order valence-corrected chi connectivity index (χ0v) is 27.0. The van der Waals surface area contributed by atoms with Crippen molar-refractivity contribution in [2.24, 2.45) is 5.73 Å². The van der Waals surface area contributed by atoms with Gasteiger partial charge in [-0.3, -0.25) is 4.79 Å². The first-order chi connectivity index (χ1) is 22.8. The summed E-state index contributed by atoms with van der Waals surface area (Å²) in [4.78, 5) is 28.6. The van der Waals surface area contributed by atoms with Gasteiger partial charge in [0.1, 0.15) is 0 Å². The maximum atomic E-state index is 14.2. The van der Waals surface area contributed by atoms with E-state index in [0.29, 0.717) is 31.7 Å². The SMILES string of the molecule is COC(=O)N(C(=O)[C@@H](N)C(c1ccccc1)c1ccccc1)c1ccccc1CC[C@@H]1CN[C@H](CNS(=O)(=O)c2ccccc2)CO1. The number of amides is 2. The second kappa shape index (κ2) is 15.9. The maximum Gasteiger partial charge on any atom is 0.420 e. The number of hydrogen-bond acceptors (Lipinski definition) is 8. The molecule has 11 heteroatoms. The van der Waals surface area contributed by atoms with Crippen LogP contribution in [0.3, 0.4) is 0 Å². The van der Waals surface area contributed by atoms with Gasteiger partial charge in [-0.25, -0.2) is 22.8 Å². The van der Waals surface area contributed by atoms with Crippen molar-refractivity contribution in [3.05, 3.63) is 132 Å². The molecule has 1 saturated heterocycles. The molecule has 4 N–H and O–H groups in total. The summed E-state index contributed by atoms with van der Waals surface area (Å²) in [7, 11) is -2.38. The number of imide groups is 1. The fourth-order valence-electron chi connectivity index (χ4n) is 5.75. The molecule has 1 fully saturated rings. The van der Waals surface area contributed by atoms with Gasteiger partial charge in [0.2, 0.25) is 10.0 Å². The quantitative estimate of drug-likeness (QED) is 0.206. The zero-order valence-electron chi connectivity index (χ0n) is 26.2. The van der Waals surface area contributed by atoms with Gasteiger partial charge in [-0.15, -0.1) is 0 Å². The number of nitrogens with one attached hydrogen (secondary N) is 2. The molecule has 4 aromatic carbocycles. The van der Waals surface area contributed by atoms with Crippen molar-refractivity contribution >= 4 is 27.7 Å². The minimum Gasteiger partial charge on any atom is -0.452 e. The number of carbonyl (C=O) groups is 2. The zero-order chi connectivity index (χ0) is 33.2. The third-order valence-electron chi connectivity index (χ3n) is 8.25. The first-order valence-corrected chi connectivity index (χ1v) is 17.0. The molecular formula is C36H40N4O6S. The summed E-state index contributed by atoms with van der Waals surface area (Å²) in [6, 6.07) is 33.2. The van der Waals surface area contributed by atoms with Crippen LogP contribution in [0.5, 0.6) is 0 Å². The number of carbonyl (C=O) groups excluding carboxylic acids is 2. The topological polar surface area (TPSA) is 140 Å². The summed E-state index contributed by atoms with van der Waals surface area (Å²) < 4.78 is 39.0. The van der Waals surface area contributed by atoms with E-state index in [9.17, 15) is 18.0 Å². The lowest BCUT2D eigenvalue weighted by Gasteiger charge is -2.31. The number of morpholine rings is 1. The predicted molar refractivity (Wildman–Crippen MR) is 181 cm³/mol. The Labute approximate surface area is 275 Å². The van der Waals surface area contributed by atoms with Crippen molar-refractivity contribution in [3.63, 3.8) is 0 Å². The normalized spacial score (nSPS) is 17.2. The largest absolute Gasteiger partial charge is 0.452 e. The van der Waals surface area contributed by atoms with Crippen molar-refractivity contribution in [1.82, 2.24) is 10.0 Å². The van der Waals surface area contributed by atoms with Gasteiger partial charge in [-0.05, 0) is 47.7 Å². The number of rotatable bonds is 12. The standard InChI is InChI=1S/C36H40N4O6S/c1-45-36(42)40(35(41)34(37)33(27-14-5-2-6-15-27)28-16-7-3-8-17-28)32-20-12-11-13-26(32)21-22-30-24-38-29(25-46-30)23-39-47(43,44)31-18-9-4-10-19-31/h2-20,29-30,33-34,38-39H,21-25,37H2,1H3/t29-,30-,34+/m1/s1. The summed E-state index contributed by atoms with van der Waals surface area (Å²) >= 11 is 0. The number of methoxy groups -OCH3 is 1. The monoisotopic (exact) mass is 656 g/mol. The van der Waals surface area contributed by atoms with Crippen molar-refractivity contribution < 1.29 is 27.5 Å². The Bertz CT molecular complexity index is 1680. The molecule has 4 aromatic rings. The van der Waals surface area contributed by atoms with E-state index in [1.54, 1.807) is 42.5 Å². The Morgan fingerprint density at radius 2 is 1.49 bits per heavy atom. The molecule has 1 aliphatic heterocycles. The number of sulfonamides is 1. The molecule has 2 amide bonds. The molecular weight excluding hydrogens is 616 g/mol. The summed E-state index contributed by atoms with van der Waals surface area (Å²) in [6.45, 7) is 1.03. The Balaban J connectivity index is 1.26. The van der Waals surface area contributed by atoms with E-state index in [1.807, 2.05) is 72.8 Å². The Hall–Kier alpha value is -4.39. The maximum absolute atomic E-state index is 14.2. The molecule has 5 rings (SSSR count). The van der Waals surface area contributed by atoms with Gasteiger partial charge in [-0.1, -0.05) is 97.1 Å². The predicted octanol–water partition coefficient (Wildman–Crippen LogP) is 4.21. The Morgan fingerprint density at radius 3 is 2.06 bits per heavy atom. The van der Waals surface area contributed by atoms with E-state index in [2.05, 4.69) is 10.0 Å². The minimum atomic E-state index is -3.62. The van der Waals surface area contributed by atoms with Crippen LogP contribution in [0.4, 0.5) is 10.5 Å². The molecule has 1 aliphatic rings. The first-order valence-electron chi connectivity index (χ1n) is 15.5. The van der Waals surface area contributed by atoms with Crippen molar-refractivity contribution in [2.75, 3.05) is 31.7 Å². The molecule has 0 radical (unpaired) electrons. The summed E-state index contributed by atoms with van der Waals surface area (Å²) in [5.74, 6) is -1.09. The number of hydrogen-bond donors (Lipinski definition) is 3. The van der Waals surface area contributed by atoms with E-state index >= 15 is 0 Å². The van der Waals surface area contributed by atoms with Crippen LogP contribution in [-0.4, -0.2) is 65.4 Å². The number of para-hydroxylation sites is 1. The smallest absolute Gasteiger partial charge is 0.420 e. The summed E-state index contributed by atoms with van der Waals surface area (Å²) in [5, 5.41) is 3.36. The third-order valence-corrected chi connectivity index (χ3v) is 9.69. The lowest BCUT2D eigenvalue weighted by Crippen LogP contribution is -2.51. The van der Waals surface area contributed by atoms with Crippen molar-refractivity contribution in [3.8, 4) is 0 Å². The fourth-order valence-corrected chi connectivity index (χ4v) is 6.86. The van der Waals surface area contributed by atoms with Crippen LogP contribution in [0.15, 0.2) is 120 Å². The number of benzene rings is 4. The molecule has 1 heterocycles. The number of nitrogens with two attached hydrogens (primary N) is 1. The van der Waals surface area contributed by atoms with Crippen LogP contribution in [-0.2, 0) is 30.7 Å². The lowest BCUT2D eigenvalue weighted by molar-refractivity contribution is -0.119. The van der Waals surface area contributed by atoms with Crippen LogP contribution < -0.4 is 20.7 Å². The van der Waals surface area contributed by atoms with Gasteiger partial charge < -0.3 is 20.5 Å². The van der Waals surface area contributed by atoms with Gasteiger partial charge in [-0.2, -0.15) is 0 Å². The second-order valence-corrected chi connectivity index (χ2v) is 13.1. The molecule has 0 aliphatic carbocycles. The molecule has 0 spiro atoms. The number of ether oxygens (including phenoxy) is 2. The highest BCUT2D eigenvalue weighted by Crippen LogP contribution is 2.31. The average Bonchev–Trinajstić information content (AvgIpc) is 3.12. The van der Waals surface area contributed by atoms with E-state index < -0.39 is 34.0 Å². The minimum absolute atomic E-state index is 0.157. The highest BCUT2D eigenvalue weighted by atomic mass is 32.2. The molecule has 3 atom stereocenters. The second-order valence-electron chi connectivity index (χ2n) is 11.4. The third kappa shape index (κ3) is 8.51. The average molecular weight is 657 g/mol. The summed E-state index contributed by atoms with van der Waals surface area (Å²) in [5.41, 5.74) is 9.59. The molecule has 10 nitrogen and oxygen atoms in total. The van der Waals surface area contributed by atoms with Crippen LogP contribution in [0, 0.1) is 0 Å². The van der Waals surface area contributed by atoms with Gasteiger partial charge in [0.25, 0.3) is 5.91 Å². The van der Waals surface area contributed by atoms with Gasteiger partial charge in [0, 0.05) is 25.0 Å². The molecule has 0 saturated carbocycles. The van der Waals surface area contributed by atoms with E-state index in [4.69, 9.17) is 15.2 Å². The van der Waals surface area contributed by atoms with E-state index in [0.717, 1.165) is 21.6 Å². The highest BCUT2D eigenvalue weighted by Gasteiger charge is 2.36. The number of aryl methyl sites for hydroxylation is 1. The van der Waals surface area contributed by atoms with E-state index in [1.165, 1.54) is 7.11 Å². The highest BCUT2D eigenvalue weighted by molar-refractivity contribution is 7.89. The Kier molecular flexibility index (Phi) is 11.5. The van der Waals surface area contributed by atoms with E-state index in [-0.39, 0.29) is 23.6 Å². The molecule has 0 aromatic heterocycles. The van der Waals surface area contributed by atoms with Crippen LogP contribution in [0.2, 0.25) is 0 Å². The molecule has 47 heavy (non-hydrogen) atoms. The van der Waals surface area contributed by atoms with Gasteiger partial charge >= 0.3 is 6.09 Å². The van der Waals surface area contributed by atoms with Crippen LogP contribution in [0.25, 0.3) is 0 Å². The molecule has 0 unspecified atom stereocenters. The lowest BCUT2D eigenvalue weighted by atomic mass is 9.84. The van der Waals surface area contributed by atoms with Crippen molar-refractivity contribution in [1.29, 1.82) is 0 Å². The number of anilines is 1. The molecule has 0 bridgehead atoms. The Morgan fingerprint density at radius 1 is 0.915 bits per heavy atom. The number of nitrogens with zero attached hydrogens (tertiary/aromatic N) is 1. The fraction of sp³-hybridized carbons (Fsp3) is 0.278. The first kappa shape index (κ1) is 34.0. The van der Waals surface area contributed by atoms with Gasteiger partial charge in [0.05, 0.1) is 36.4 Å². The van der Waals surface area contributed by atoms with Crippen molar-refractivity contribution in [2.45, 2.75) is 41.8 Å². The molecule has 246 valence electrons. The van der Waals surface area contributed by atoms with Crippen LogP contribution in [0.1, 0.15) is 29.0 Å². The van der Waals surface area contributed by atoms with Crippen LogP contribution >= 0.6 is 0 Å².